The number of anilines is 1. The number of nitro benzene ring substituents is 1. The molecule has 3 heterocycles. The van der Waals surface area contributed by atoms with Gasteiger partial charge in [-0.3, -0.25) is 10.1 Å². The smallest absolute Gasteiger partial charge is 0.280 e. The second-order valence-electron chi connectivity index (χ2n) is 7.61. The zero-order valence-electron chi connectivity index (χ0n) is 18.3. The molecule has 1 atom stereocenters. The number of ether oxygens (including phenoxy) is 1. The molecule has 172 valence electrons. The molecule has 0 saturated heterocycles. The first kappa shape index (κ1) is 21.9. The largest absolute Gasteiger partial charge is 0.455 e. The number of rotatable bonds is 7. The Bertz CT molecular complexity index is 1340. The predicted molar refractivity (Wildman–Crippen MR) is 129 cm³/mol. The molecule has 34 heavy (non-hydrogen) atoms. The van der Waals surface area contributed by atoms with Gasteiger partial charge in [-0.2, -0.15) is 4.98 Å². The molecule has 2 aromatic heterocycles. The molecule has 0 bridgehead atoms. The van der Waals surface area contributed by atoms with Gasteiger partial charge in [0.1, 0.15) is 5.76 Å². The van der Waals surface area contributed by atoms with Gasteiger partial charge in [0.05, 0.1) is 10.5 Å². The number of hydrogen-bond donors (Lipinski definition) is 1. The highest BCUT2D eigenvalue weighted by molar-refractivity contribution is 7.99. The number of thioether (sulfide) groups is 1. The van der Waals surface area contributed by atoms with Gasteiger partial charge in [-0.05, 0) is 30.7 Å². The minimum atomic E-state index is -0.718. The second-order valence-corrected chi connectivity index (χ2v) is 8.68. The molecular weight excluding hydrogens is 454 g/mol. The van der Waals surface area contributed by atoms with E-state index in [-0.39, 0.29) is 5.69 Å². The fourth-order valence-corrected chi connectivity index (χ4v) is 4.49. The first-order valence-electron chi connectivity index (χ1n) is 10.9. The quantitative estimate of drug-likeness (QED) is 0.146. The molecule has 1 N–H and O–H groups in total. The van der Waals surface area contributed by atoms with Gasteiger partial charge < -0.3 is 14.5 Å². The third kappa shape index (κ3) is 4.32. The van der Waals surface area contributed by atoms with E-state index >= 15 is 0 Å². The molecule has 4 aromatic rings. The van der Waals surface area contributed by atoms with Crippen LogP contribution in [0.5, 0.6) is 5.88 Å². The van der Waals surface area contributed by atoms with Gasteiger partial charge in [0, 0.05) is 23.1 Å². The average molecular weight is 476 g/mol. The lowest BCUT2D eigenvalue weighted by atomic mass is 10.1. The summed E-state index contributed by atoms with van der Waals surface area (Å²) in [7, 11) is 0. The third-order valence-corrected chi connectivity index (χ3v) is 6.24. The lowest BCUT2D eigenvalue weighted by molar-refractivity contribution is -0.384. The highest BCUT2D eigenvalue weighted by Crippen LogP contribution is 2.41. The summed E-state index contributed by atoms with van der Waals surface area (Å²) in [6, 6.07) is 17.6. The van der Waals surface area contributed by atoms with E-state index in [1.165, 1.54) is 17.8 Å². The van der Waals surface area contributed by atoms with Crippen LogP contribution in [-0.2, 0) is 0 Å². The molecule has 5 rings (SSSR count). The molecule has 0 unspecified atom stereocenters. The number of aromatic nitrogens is 3. The zero-order chi connectivity index (χ0) is 23.5. The molecule has 10 heteroatoms. The molecule has 0 amide bonds. The van der Waals surface area contributed by atoms with Crippen LogP contribution >= 0.6 is 11.8 Å². The highest BCUT2D eigenvalue weighted by Gasteiger charge is 2.28. The Hall–Kier alpha value is -3.92. The molecule has 0 radical (unpaired) electrons. The lowest BCUT2D eigenvalue weighted by Gasteiger charge is -2.16. The number of fused-ring (bicyclic) bond motifs is 3. The summed E-state index contributed by atoms with van der Waals surface area (Å²) in [5, 5.41) is 24.0. The Morgan fingerprint density at radius 3 is 2.68 bits per heavy atom. The van der Waals surface area contributed by atoms with E-state index in [4.69, 9.17) is 9.15 Å². The minimum Gasteiger partial charge on any atom is -0.455 e. The highest BCUT2D eigenvalue weighted by atomic mass is 32.2. The van der Waals surface area contributed by atoms with Crippen molar-refractivity contribution in [1.29, 1.82) is 0 Å². The van der Waals surface area contributed by atoms with E-state index in [0.29, 0.717) is 33.8 Å². The summed E-state index contributed by atoms with van der Waals surface area (Å²) in [6.45, 7) is 2.13. The molecule has 1 aliphatic rings. The fraction of sp³-hybridized carbons (Fsp3) is 0.208. The first-order valence-corrected chi connectivity index (χ1v) is 11.9. The molecule has 0 aliphatic carbocycles. The Balaban J connectivity index is 1.51. The van der Waals surface area contributed by atoms with E-state index in [1.54, 1.807) is 30.3 Å². The minimum absolute atomic E-state index is 0.0282. The molecule has 0 fully saturated rings. The topological polar surface area (TPSA) is 116 Å². The van der Waals surface area contributed by atoms with Crippen molar-refractivity contribution in [3.05, 3.63) is 76.5 Å². The Morgan fingerprint density at radius 1 is 1.06 bits per heavy atom. The Kier molecular flexibility index (Phi) is 6.13. The van der Waals surface area contributed by atoms with E-state index in [2.05, 4.69) is 27.4 Å². The van der Waals surface area contributed by atoms with E-state index in [9.17, 15) is 10.1 Å². The third-order valence-electron chi connectivity index (χ3n) is 5.31. The summed E-state index contributed by atoms with van der Waals surface area (Å²) in [5.41, 5.74) is 2.51. The van der Waals surface area contributed by atoms with Gasteiger partial charge >= 0.3 is 0 Å². The van der Waals surface area contributed by atoms with Crippen molar-refractivity contribution >= 4 is 23.1 Å². The van der Waals surface area contributed by atoms with Crippen molar-refractivity contribution in [1.82, 2.24) is 15.2 Å². The summed E-state index contributed by atoms with van der Waals surface area (Å²) in [4.78, 5) is 15.6. The van der Waals surface area contributed by atoms with Gasteiger partial charge in [-0.15, -0.1) is 10.2 Å². The number of unbranched alkanes of at least 4 members (excludes halogenated alkanes) is 1. The van der Waals surface area contributed by atoms with Crippen LogP contribution in [0, 0.1) is 10.1 Å². The van der Waals surface area contributed by atoms with Crippen LogP contribution < -0.4 is 10.1 Å². The maximum Gasteiger partial charge on any atom is 0.280 e. The van der Waals surface area contributed by atoms with Crippen LogP contribution in [0.1, 0.15) is 31.8 Å². The number of benzene rings is 2. The normalized spacial score (nSPS) is 14.3. The number of furan rings is 1. The van der Waals surface area contributed by atoms with Crippen LogP contribution in [0.4, 0.5) is 11.4 Å². The van der Waals surface area contributed by atoms with Crippen molar-refractivity contribution in [3.8, 4) is 28.5 Å². The maximum atomic E-state index is 11.5. The molecule has 9 nitrogen and oxygen atoms in total. The zero-order valence-corrected chi connectivity index (χ0v) is 19.1. The average Bonchev–Trinajstić information content (AvgIpc) is 3.28. The van der Waals surface area contributed by atoms with Gasteiger partial charge in [0.25, 0.3) is 5.69 Å². The summed E-state index contributed by atoms with van der Waals surface area (Å²) >= 11 is 1.54. The number of nitrogens with one attached hydrogen (secondary N) is 1. The molecule has 0 saturated carbocycles. The summed E-state index contributed by atoms with van der Waals surface area (Å²) in [6.07, 6.45) is 1.42. The Labute approximate surface area is 199 Å². The number of nitro groups is 1. The second kappa shape index (κ2) is 9.52. The summed E-state index contributed by atoms with van der Waals surface area (Å²) in [5.74, 6) is 2.07. The molecular formula is C24H21N5O4S. The van der Waals surface area contributed by atoms with Crippen LogP contribution in [0.25, 0.3) is 22.6 Å². The monoisotopic (exact) mass is 475 g/mol. The van der Waals surface area contributed by atoms with Crippen LogP contribution in [0.3, 0.4) is 0 Å². The molecule has 1 aliphatic heterocycles. The van der Waals surface area contributed by atoms with Crippen LogP contribution in [0.2, 0.25) is 0 Å². The SMILES string of the molecule is CCCCSc1nnc2c(n1)O[C@H](c1ccc(-c3ccccc3[N+](=O)[O-])o1)Nc1ccccc1-2. The predicted octanol–water partition coefficient (Wildman–Crippen LogP) is 6.10. The van der Waals surface area contributed by atoms with Crippen molar-refractivity contribution in [2.24, 2.45) is 0 Å². The first-order chi connectivity index (χ1) is 16.6. The van der Waals surface area contributed by atoms with Gasteiger partial charge in [0.15, 0.2) is 11.5 Å². The number of nitrogens with zero attached hydrogens (tertiary/aromatic N) is 4. The van der Waals surface area contributed by atoms with Crippen molar-refractivity contribution in [3.63, 3.8) is 0 Å². The molecule has 2 aromatic carbocycles. The van der Waals surface area contributed by atoms with E-state index in [1.807, 2.05) is 24.3 Å². The van der Waals surface area contributed by atoms with Gasteiger partial charge in [-0.25, -0.2) is 0 Å². The van der Waals surface area contributed by atoms with E-state index in [0.717, 1.165) is 29.8 Å². The van der Waals surface area contributed by atoms with Crippen molar-refractivity contribution in [2.45, 2.75) is 31.1 Å². The lowest BCUT2D eigenvalue weighted by Crippen LogP contribution is -2.16. The van der Waals surface area contributed by atoms with Gasteiger partial charge in [-0.1, -0.05) is 55.4 Å². The number of hydrogen-bond acceptors (Lipinski definition) is 9. The Morgan fingerprint density at radius 2 is 1.85 bits per heavy atom. The van der Waals surface area contributed by atoms with Crippen LogP contribution in [0.15, 0.2) is 70.2 Å². The molecule has 0 spiro atoms. The summed E-state index contributed by atoms with van der Waals surface area (Å²) < 4.78 is 12.3. The van der Waals surface area contributed by atoms with Crippen LogP contribution in [-0.4, -0.2) is 25.9 Å². The van der Waals surface area contributed by atoms with Crippen molar-refractivity contribution < 1.29 is 14.1 Å². The number of para-hydroxylation sites is 2. The van der Waals surface area contributed by atoms with Gasteiger partial charge in [0.2, 0.25) is 17.3 Å². The fourth-order valence-electron chi connectivity index (χ4n) is 3.62. The maximum absolute atomic E-state index is 11.5. The van der Waals surface area contributed by atoms with E-state index < -0.39 is 11.2 Å². The van der Waals surface area contributed by atoms with Crippen molar-refractivity contribution in [2.75, 3.05) is 11.1 Å². The standard InChI is InChI=1S/C24H21N5O4S/c1-2-3-14-34-24-26-23-21(27-28-24)15-8-4-6-10-17(15)25-22(33-23)20-13-12-19(32-20)16-9-5-7-11-18(16)29(30)31/h4-13,22,25H,2-3,14H2,1H3/t22-/m1/s1.